The fourth-order valence-corrected chi connectivity index (χ4v) is 4.30. The molecule has 4 rings (SSSR count). The van der Waals surface area contributed by atoms with Crippen LogP contribution in [0.25, 0.3) is 0 Å². The summed E-state index contributed by atoms with van der Waals surface area (Å²) in [6.07, 6.45) is 3.71. The quantitative estimate of drug-likeness (QED) is 0.496. The molecule has 2 heterocycles. The van der Waals surface area contributed by atoms with E-state index in [0.717, 1.165) is 31.4 Å². The fourth-order valence-electron chi connectivity index (χ4n) is 4.30. The van der Waals surface area contributed by atoms with Crippen molar-refractivity contribution in [2.75, 3.05) is 37.8 Å². The summed E-state index contributed by atoms with van der Waals surface area (Å²) in [6.45, 7) is 3.50. The van der Waals surface area contributed by atoms with Gasteiger partial charge in [-0.1, -0.05) is 25.1 Å². The summed E-state index contributed by atoms with van der Waals surface area (Å²) in [5, 5.41) is 2.90. The van der Waals surface area contributed by atoms with E-state index in [9.17, 15) is 14.4 Å². The zero-order valence-corrected chi connectivity index (χ0v) is 20.1. The van der Waals surface area contributed by atoms with Gasteiger partial charge in [0.2, 0.25) is 5.91 Å². The lowest BCUT2D eigenvalue weighted by Crippen LogP contribution is -2.40. The van der Waals surface area contributed by atoms with Crippen LogP contribution in [0.1, 0.15) is 48.5 Å². The number of aryl methyl sites for hydroxylation is 1. The van der Waals surface area contributed by atoms with Crippen molar-refractivity contribution in [1.82, 2.24) is 5.32 Å². The highest BCUT2D eigenvalue weighted by Gasteiger charge is 2.26. The average molecular weight is 481 g/mol. The number of rotatable bonds is 11. The Balaban J connectivity index is 1.34. The van der Waals surface area contributed by atoms with Gasteiger partial charge < -0.3 is 24.4 Å². The molecule has 0 bridgehead atoms. The van der Waals surface area contributed by atoms with Crippen molar-refractivity contribution in [3.63, 3.8) is 0 Å². The molecule has 8 nitrogen and oxygen atoms in total. The molecule has 2 aliphatic heterocycles. The number of hydrogen-bond donors (Lipinski definition) is 1. The van der Waals surface area contributed by atoms with Gasteiger partial charge in [0, 0.05) is 31.7 Å². The molecule has 0 aromatic heterocycles. The van der Waals surface area contributed by atoms with E-state index in [1.165, 1.54) is 0 Å². The minimum Gasteiger partial charge on any atom is -0.485 e. The average Bonchev–Trinajstić information content (AvgIpc) is 3.41. The molecule has 0 aliphatic carbocycles. The maximum atomic E-state index is 12.8. The minimum atomic E-state index is -0.199. The number of ketones is 1. The van der Waals surface area contributed by atoms with Crippen molar-refractivity contribution < 1.29 is 28.6 Å². The lowest BCUT2D eigenvalue weighted by molar-refractivity contribution is -0.123. The number of para-hydroxylation sites is 1. The van der Waals surface area contributed by atoms with Gasteiger partial charge in [0.05, 0.1) is 11.8 Å². The second kappa shape index (κ2) is 11.8. The Morgan fingerprint density at radius 1 is 1.20 bits per heavy atom. The summed E-state index contributed by atoms with van der Waals surface area (Å²) in [5.74, 6) is 0.787. The standard InChI is InChI=1S/C27H32N2O6/c1-2-19-7-3-4-9-24(19)34-17-23(30)20-11-12-25-22(15-20)29(27(32)18-35-25)13-5-10-26(31)28-16-21-8-6-14-33-21/h3-4,7,9,11-12,15,21H,2,5-6,8,10,13-14,16-18H2,1H3,(H,28,31). The largest absolute Gasteiger partial charge is 0.485 e. The highest BCUT2D eigenvalue weighted by atomic mass is 16.5. The number of Topliss-reactive ketones (excluding diaryl/α,β-unsaturated/α-hetero) is 1. The summed E-state index contributed by atoms with van der Waals surface area (Å²) in [4.78, 5) is 39.2. The lowest BCUT2D eigenvalue weighted by atomic mass is 10.1. The molecule has 186 valence electrons. The second-order valence-electron chi connectivity index (χ2n) is 8.73. The molecule has 2 aliphatic rings. The third kappa shape index (κ3) is 6.39. The monoisotopic (exact) mass is 480 g/mol. The van der Waals surface area contributed by atoms with Crippen LogP contribution in [0.4, 0.5) is 5.69 Å². The third-order valence-electron chi connectivity index (χ3n) is 6.27. The smallest absolute Gasteiger partial charge is 0.265 e. The molecular weight excluding hydrogens is 448 g/mol. The van der Waals surface area contributed by atoms with Crippen molar-refractivity contribution in [2.45, 2.75) is 45.1 Å². The zero-order valence-electron chi connectivity index (χ0n) is 20.1. The number of amides is 2. The van der Waals surface area contributed by atoms with Gasteiger partial charge in [-0.25, -0.2) is 0 Å². The predicted molar refractivity (Wildman–Crippen MR) is 131 cm³/mol. The molecule has 2 aromatic rings. The number of carbonyl (C=O) groups excluding carboxylic acids is 3. The Hall–Kier alpha value is -3.39. The van der Waals surface area contributed by atoms with Crippen LogP contribution >= 0.6 is 0 Å². The van der Waals surface area contributed by atoms with Gasteiger partial charge in [-0.15, -0.1) is 0 Å². The normalized spacial score (nSPS) is 17.0. The molecule has 2 amide bonds. The van der Waals surface area contributed by atoms with E-state index in [1.807, 2.05) is 31.2 Å². The Kier molecular flexibility index (Phi) is 8.36. The van der Waals surface area contributed by atoms with Crippen molar-refractivity contribution in [1.29, 1.82) is 0 Å². The van der Waals surface area contributed by atoms with Crippen molar-refractivity contribution >= 4 is 23.3 Å². The molecule has 1 fully saturated rings. The van der Waals surface area contributed by atoms with Crippen LogP contribution in [0.15, 0.2) is 42.5 Å². The Bertz CT molecular complexity index is 1060. The number of nitrogens with one attached hydrogen (secondary N) is 1. The van der Waals surface area contributed by atoms with Gasteiger partial charge in [0.25, 0.3) is 5.91 Å². The second-order valence-corrected chi connectivity index (χ2v) is 8.73. The Labute approximate surface area is 205 Å². The van der Waals surface area contributed by atoms with Gasteiger partial charge in [-0.2, -0.15) is 0 Å². The van der Waals surface area contributed by atoms with Crippen LogP contribution in [0, 0.1) is 0 Å². The molecule has 8 heteroatoms. The van der Waals surface area contributed by atoms with E-state index in [4.69, 9.17) is 14.2 Å². The van der Waals surface area contributed by atoms with E-state index in [1.54, 1.807) is 23.1 Å². The number of ether oxygens (including phenoxy) is 3. The third-order valence-corrected chi connectivity index (χ3v) is 6.27. The van der Waals surface area contributed by atoms with Crippen molar-refractivity contribution in [3.05, 3.63) is 53.6 Å². The van der Waals surface area contributed by atoms with E-state index in [0.29, 0.717) is 48.7 Å². The van der Waals surface area contributed by atoms with Gasteiger partial charge in [0.1, 0.15) is 11.5 Å². The van der Waals surface area contributed by atoms with Crippen LogP contribution in [-0.4, -0.2) is 56.6 Å². The Morgan fingerprint density at radius 2 is 2.06 bits per heavy atom. The highest BCUT2D eigenvalue weighted by molar-refractivity contribution is 6.02. The molecule has 1 saturated heterocycles. The molecular formula is C27H32N2O6. The molecule has 1 unspecified atom stereocenters. The zero-order chi connectivity index (χ0) is 24.6. The summed E-state index contributed by atoms with van der Waals surface area (Å²) < 4.78 is 16.9. The number of carbonyl (C=O) groups is 3. The first-order chi connectivity index (χ1) is 17.0. The fraction of sp³-hybridized carbons (Fsp3) is 0.444. The molecule has 0 saturated carbocycles. The summed E-state index contributed by atoms with van der Waals surface area (Å²) in [7, 11) is 0. The first-order valence-electron chi connectivity index (χ1n) is 12.2. The van der Waals surface area contributed by atoms with Gasteiger partial charge in [-0.3, -0.25) is 14.4 Å². The van der Waals surface area contributed by atoms with Crippen LogP contribution in [0.2, 0.25) is 0 Å². The minimum absolute atomic E-state index is 0.0603. The molecule has 1 atom stereocenters. The molecule has 0 spiro atoms. The van der Waals surface area contributed by atoms with Crippen LogP contribution in [0.5, 0.6) is 11.5 Å². The van der Waals surface area contributed by atoms with E-state index in [-0.39, 0.29) is 36.9 Å². The summed E-state index contributed by atoms with van der Waals surface area (Å²) in [6, 6.07) is 12.7. The summed E-state index contributed by atoms with van der Waals surface area (Å²) >= 11 is 0. The molecule has 35 heavy (non-hydrogen) atoms. The van der Waals surface area contributed by atoms with Crippen molar-refractivity contribution in [3.8, 4) is 11.5 Å². The van der Waals surface area contributed by atoms with Crippen LogP contribution in [0.3, 0.4) is 0 Å². The van der Waals surface area contributed by atoms with Gasteiger partial charge in [-0.05, 0) is 55.5 Å². The van der Waals surface area contributed by atoms with Gasteiger partial charge in [0.15, 0.2) is 19.0 Å². The van der Waals surface area contributed by atoms with Gasteiger partial charge >= 0.3 is 0 Å². The summed E-state index contributed by atoms with van der Waals surface area (Å²) in [5.41, 5.74) is 2.02. The number of anilines is 1. The van der Waals surface area contributed by atoms with E-state index in [2.05, 4.69) is 5.32 Å². The maximum Gasteiger partial charge on any atom is 0.265 e. The van der Waals surface area contributed by atoms with E-state index >= 15 is 0 Å². The number of nitrogens with zero attached hydrogens (tertiary/aromatic N) is 1. The molecule has 1 N–H and O–H groups in total. The maximum absolute atomic E-state index is 12.8. The highest BCUT2D eigenvalue weighted by Crippen LogP contribution is 2.33. The number of fused-ring (bicyclic) bond motifs is 1. The molecule has 0 radical (unpaired) electrons. The van der Waals surface area contributed by atoms with Crippen LogP contribution < -0.4 is 19.7 Å². The van der Waals surface area contributed by atoms with E-state index < -0.39 is 0 Å². The Morgan fingerprint density at radius 3 is 2.86 bits per heavy atom. The SMILES string of the molecule is CCc1ccccc1OCC(=O)c1ccc2c(c1)N(CCCC(=O)NCC1CCCO1)C(=O)CO2. The lowest BCUT2D eigenvalue weighted by Gasteiger charge is -2.29. The topological polar surface area (TPSA) is 94.2 Å². The number of benzene rings is 2. The first-order valence-corrected chi connectivity index (χ1v) is 12.2. The predicted octanol–water partition coefficient (Wildman–Crippen LogP) is 3.31. The number of hydrogen-bond acceptors (Lipinski definition) is 6. The van der Waals surface area contributed by atoms with Crippen LogP contribution in [-0.2, 0) is 20.7 Å². The first kappa shape index (κ1) is 24.7. The molecule has 2 aromatic carbocycles. The van der Waals surface area contributed by atoms with Crippen molar-refractivity contribution in [2.24, 2.45) is 0 Å².